The van der Waals surface area contributed by atoms with Crippen molar-refractivity contribution in [2.24, 2.45) is 11.3 Å². The van der Waals surface area contributed by atoms with Gasteiger partial charge in [0, 0.05) is 22.6 Å². The summed E-state index contributed by atoms with van der Waals surface area (Å²) >= 11 is 0. The van der Waals surface area contributed by atoms with Crippen molar-refractivity contribution in [3.63, 3.8) is 0 Å². The van der Waals surface area contributed by atoms with Gasteiger partial charge >= 0.3 is 0 Å². The second-order valence-electron chi connectivity index (χ2n) is 5.49. The van der Waals surface area contributed by atoms with E-state index in [9.17, 15) is 19.7 Å². The zero-order valence-electron chi connectivity index (χ0n) is 11.8. The highest BCUT2D eigenvalue weighted by Crippen LogP contribution is 2.21. The summed E-state index contributed by atoms with van der Waals surface area (Å²) in [7, 11) is 0. The molecule has 0 bridgehead atoms. The van der Waals surface area contributed by atoms with Crippen LogP contribution in [-0.4, -0.2) is 21.7 Å². The Labute approximate surface area is 116 Å². The molecule has 0 heterocycles. The topological polar surface area (TPSA) is 107 Å². The van der Waals surface area contributed by atoms with Gasteiger partial charge in [0.25, 0.3) is 11.6 Å². The summed E-state index contributed by atoms with van der Waals surface area (Å²) < 4.78 is 0. The van der Waals surface area contributed by atoms with Gasteiger partial charge in [-0.05, 0) is 19.1 Å². The Morgan fingerprint density at radius 2 is 1.85 bits per heavy atom. The maximum atomic E-state index is 12.1. The first-order valence-corrected chi connectivity index (χ1v) is 5.94. The third-order valence-electron chi connectivity index (χ3n) is 2.72. The number of hydrogen-bond acceptors (Lipinski definition) is 5. The largest absolute Gasteiger partial charge is 0.274 e. The summed E-state index contributed by atoms with van der Waals surface area (Å²) in [5.41, 5.74) is -0.418. The molecule has 0 aliphatic heterocycles. The summed E-state index contributed by atoms with van der Waals surface area (Å²) in [5.74, 6) is 4.31. The molecule has 2 N–H and O–H groups in total. The molecule has 0 aliphatic rings. The van der Waals surface area contributed by atoms with Gasteiger partial charge in [-0.2, -0.15) is 0 Å². The van der Waals surface area contributed by atoms with E-state index in [1.807, 2.05) is 0 Å². The minimum Gasteiger partial charge on any atom is -0.272 e. The molecule has 7 nitrogen and oxygen atoms in total. The van der Waals surface area contributed by atoms with Gasteiger partial charge in [-0.25, -0.2) is 10.9 Å². The van der Waals surface area contributed by atoms with Crippen molar-refractivity contribution in [3.05, 3.63) is 39.4 Å². The number of imide groups is 1. The molecule has 0 aliphatic carbocycles. The van der Waals surface area contributed by atoms with Crippen LogP contribution in [0.15, 0.2) is 18.2 Å². The fourth-order valence-corrected chi connectivity index (χ4v) is 1.59. The van der Waals surface area contributed by atoms with Crippen LogP contribution < -0.4 is 5.84 Å². The fourth-order valence-electron chi connectivity index (χ4n) is 1.59. The van der Waals surface area contributed by atoms with Crippen LogP contribution in [0.4, 0.5) is 5.69 Å². The summed E-state index contributed by atoms with van der Waals surface area (Å²) in [5, 5.41) is 11.3. The van der Waals surface area contributed by atoms with Gasteiger partial charge in [0.15, 0.2) is 0 Å². The molecule has 1 aromatic rings. The van der Waals surface area contributed by atoms with Crippen LogP contribution in [0.3, 0.4) is 0 Å². The van der Waals surface area contributed by atoms with Gasteiger partial charge in [-0.15, -0.1) is 0 Å². The number of nitro benzene ring substituents is 1. The number of amides is 2. The standard InChI is InChI=1S/C13H17N3O4/c1-8-7-9(5-6-10(8)16(19)20)11(17)15(14)12(18)13(2,3)4/h5-7H,14H2,1-4H3. The SMILES string of the molecule is Cc1cc(C(=O)N(N)C(=O)C(C)(C)C)ccc1[N+](=O)[O-]. The molecule has 0 saturated carbocycles. The van der Waals surface area contributed by atoms with Gasteiger partial charge < -0.3 is 0 Å². The Bertz CT molecular complexity index is 575. The Balaban J connectivity index is 3.08. The molecule has 0 fully saturated rings. The van der Waals surface area contributed by atoms with Crippen LogP contribution >= 0.6 is 0 Å². The number of benzene rings is 1. The second kappa shape index (κ2) is 5.38. The molecule has 0 radical (unpaired) electrons. The highest BCUT2D eigenvalue weighted by atomic mass is 16.6. The number of aryl methyl sites for hydroxylation is 1. The van der Waals surface area contributed by atoms with E-state index < -0.39 is 22.2 Å². The van der Waals surface area contributed by atoms with E-state index in [-0.39, 0.29) is 11.3 Å². The van der Waals surface area contributed by atoms with Crippen molar-refractivity contribution < 1.29 is 14.5 Å². The molecular weight excluding hydrogens is 262 g/mol. The summed E-state index contributed by atoms with van der Waals surface area (Å²) in [4.78, 5) is 34.2. The third kappa shape index (κ3) is 3.18. The summed E-state index contributed by atoms with van der Waals surface area (Å²) in [6.45, 7) is 6.44. The quantitative estimate of drug-likeness (QED) is 0.384. The monoisotopic (exact) mass is 279 g/mol. The number of rotatable bonds is 2. The highest BCUT2D eigenvalue weighted by Gasteiger charge is 2.30. The number of hydrazine groups is 1. The minimum absolute atomic E-state index is 0.0905. The average molecular weight is 279 g/mol. The van der Waals surface area contributed by atoms with Gasteiger partial charge in [-0.3, -0.25) is 19.7 Å². The smallest absolute Gasteiger partial charge is 0.272 e. The predicted octanol–water partition coefficient (Wildman–Crippen LogP) is 1.79. The molecule has 7 heteroatoms. The van der Waals surface area contributed by atoms with Crippen LogP contribution in [0.2, 0.25) is 0 Å². The Hall–Kier alpha value is -2.28. The van der Waals surface area contributed by atoms with Gasteiger partial charge in [0.1, 0.15) is 0 Å². The lowest BCUT2D eigenvalue weighted by molar-refractivity contribution is -0.385. The van der Waals surface area contributed by atoms with Crippen molar-refractivity contribution in [1.29, 1.82) is 0 Å². The molecule has 0 atom stereocenters. The normalized spacial score (nSPS) is 11.1. The molecule has 108 valence electrons. The molecule has 0 aromatic heterocycles. The van der Waals surface area contributed by atoms with Gasteiger partial charge in [-0.1, -0.05) is 20.8 Å². The number of carbonyl (C=O) groups excluding carboxylic acids is 2. The van der Waals surface area contributed by atoms with E-state index in [2.05, 4.69) is 0 Å². The Kier molecular flexibility index (Phi) is 4.24. The second-order valence-corrected chi connectivity index (χ2v) is 5.49. The number of carbonyl (C=O) groups is 2. The lowest BCUT2D eigenvalue weighted by Crippen LogP contribution is -2.48. The maximum absolute atomic E-state index is 12.1. The average Bonchev–Trinajstić information content (AvgIpc) is 2.34. The van der Waals surface area contributed by atoms with Crippen molar-refractivity contribution in [2.75, 3.05) is 0 Å². The molecule has 1 aromatic carbocycles. The first kappa shape index (κ1) is 15.8. The van der Waals surface area contributed by atoms with E-state index in [4.69, 9.17) is 5.84 Å². The van der Waals surface area contributed by atoms with E-state index in [0.717, 1.165) is 0 Å². The molecule has 0 spiro atoms. The van der Waals surface area contributed by atoms with Crippen molar-refractivity contribution in [2.45, 2.75) is 27.7 Å². The lowest BCUT2D eigenvalue weighted by atomic mass is 9.95. The van der Waals surface area contributed by atoms with E-state index >= 15 is 0 Å². The Morgan fingerprint density at radius 1 is 1.30 bits per heavy atom. The van der Waals surface area contributed by atoms with E-state index in [0.29, 0.717) is 10.6 Å². The molecule has 0 saturated heterocycles. The van der Waals surface area contributed by atoms with E-state index in [1.54, 1.807) is 20.8 Å². The fraction of sp³-hybridized carbons (Fsp3) is 0.385. The van der Waals surface area contributed by atoms with Crippen LogP contribution in [-0.2, 0) is 4.79 Å². The third-order valence-corrected chi connectivity index (χ3v) is 2.72. The zero-order valence-corrected chi connectivity index (χ0v) is 11.8. The first-order chi connectivity index (χ1) is 9.05. The van der Waals surface area contributed by atoms with Crippen LogP contribution in [0, 0.1) is 22.5 Å². The highest BCUT2D eigenvalue weighted by molar-refractivity contribution is 6.05. The number of hydrogen-bond donors (Lipinski definition) is 1. The number of nitrogens with two attached hydrogens (primary N) is 1. The predicted molar refractivity (Wildman–Crippen MR) is 72.7 cm³/mol. The van der Waals surface area contributed by atoms with Crippen LogP contribution in [0.5, 0.6) is 0 Å². The van der Waals surface area contributed by atoms with Crippen molar-refractivity contribution >= 4 is 17.5 Å². The van der Waals surface area contributed by atoms with Crippen molar-refractivity contribution in [1.82, 2.24) is 5.01 Å². The minimum atomic E-state index is -0.791. The van der Waals surface area contributed by atoms with Gasteiger partial charge in [0.05, 0.1) is 4.92 Å². The maximum Gasteiger partial charge on any atom is 0.274 e. The van der Waals surface area contributed by atoms with Crippen LogP contribution in [0.25, 0.3) is 0 Å². The summed E-state index contributed by atoms with van der Waals surface area (Å²) in [6.07, 6.45) is 0. The molecule has 0 unspecified atom stereocenters. The Morgan fingerprint density at radius 3 is 2.25 bits per heavy atom. The molecule has 2 amide bonds. The number of nitro groups is 1. The molecule has 20 heavy (non-hydrogen) atoms. The van der Waals surface area contributed by atoms with Crippen molar-refractivity contribution in [3.8, 4) is 0 Å². The van der Waals surface area contributed by atoms with Gasteiger partial charge in [0.2, 0.25) is 5.91 Å². The summed E-state index contributed by atoms with van der Waals surface area (Å²) in [6, 6.07) is 3.84. The van der Waals surface area contributed by atoms with E-state index in [1.165, 1.54) is 25.1 Å². The van der Waals surface area contributed by atoms with Crippen LogP contribution in [0.1, 0.15) is 36.7 Å². The lowest BCUT2D eigenvalue weighted by Gasteiger charge is -2.23. The molecule has 1 rings (SSSR count). The first-order valence-electron chi connectivity index (χ1n) is 5.94. The number of nitrogens with zero attached hydrogens (tertiary/aromatic N) is 2. The molecular formula is C13H17N3O4. The zero-order chi connectivity index (χ0) is 15.7.